The number of methoxy groups -OCH3 is 4. The van der Waals surface area contributed by atoms with E-state index in [9.17, 15) is 19.2 Å². The predicted molar refractivity (Wildman–Crippen MR) is 260 cm³/mol. The van der Waals surface area contributed by atoms with Crippen LogP contribution < -0.4 is 25.4 Å². The number of ether oxygens (including phenoxy) is 6. The number of hydrogen-bond donors (Lipinski definition) is 4. The van der Waals surface area contributed by atoms with Gasteiger partial charge in [-0.1, -0.05) is 84.9 Å². The summed E-state index contributed by atoms with van der Waals surface area (Å²) in [5.74, 6) is 1.11. The van der Waals surface area contributed by atoms with Gasteiger partial charge in [-0.25, -0.2) is 14.6 Å². The predicted octanol–water partition coefficient (Wildman–Crippen LogP) is 6.36. The highest BCUT2D eigenvalue weighted by Gasteiger charge is 2.41. The number of likely N-dealkylation sites (tertiary alicyclic amines) is 2. The third kappa shape index (κ3) is 11.1. The lowest BCUT2D eigenvalue weighted by Crippen LogP contribution is -2.50. The summed E-state index contributed by atoms with van der Waals surface area (Å²) in [7, 11) is 5.77. The molecule has 18 nitrogen and oxygen atoms in total. The van der Waals surface area contributed by atoms with Crippen molar-refractivity contribution in [3.63, 3.8) is 0 Å². The lowest BCUT2D eigenvalue weighted by atomic mass is 9.98. The van der Waals surface area contributed by atoms with E-state index in [-0.39, 0.29) is 43.3 Å². The van der Waals surface area contributed by atoms with E-state index in [1.54, 1.807) is 37.4 Å². The molecule has 70 heavy (non-hydrogen) atoms. The third-order valence-corrected chi connectivity index (χ3v) is 12.8. The Kier molecular flexibility index (Phi) is 16.4. The highest BCUT2D eigenvalue weighted by molar-refractivity contribution is 6.03. The van der Waals surface area contributed by atoms with E-state index in [0.717, 1.165) is 41.7 Å². The summed E-state index contributed by atoms with van der Waals surface area (Å²) in [5.41, 5.74) is 6.12. The Labute approximate surface area is 407 Å². The molecule has 0 aliphatic carbocycles. The van der Waals surface area contributed by atoms with Crippen LogP contribution in [-0.4, -0.2) is 136 Å². The van der Waals surface area contributed by atoms with E-state index in [0.29, 0.717) is 79.0 Å². The van der Waals surface area contributed by atoms with Crippen LogP contribution in [0.1, 0.15) is 66.3 Å². The molecule has 0 radical (unpaired) electrons. The van der Waals surface area contributed by atoms with Crippen molar-refractivity contribution in [1.29, 1.82) is 0 Å². The standard InChI is InChI=1S/C52H60N8O10/c1-65-27-29-69-45-37(33-19-21-34(22-20-33)39-31-53-47(55-39)41-17-11-25-59(41)49(61)43(57-51(63)67-3)35-13-7-5-8-14-35)23-24-38(46(45)70-30-28-66-2)40-32-54-48(56-40)42-18-12-26-60(42)50(62)44(58-52(64)68-4)36-15-9-6-10-16-36/h5-10,13-16,19-24,32,41-44,47,53H,11-12,17-18,25-31H2,1-4H3,(H,54,56)(H,57,63)(H,58,64). The van der Waals surface area contributed by atoms with E-state index in [1.807, 2.05) is 89.8 Å². The van der Waals surface area contributed by atoms with Gasteiger partial charge in [0.2, 0.25) is 5.91 Å². The SMILES string of the molecule is COCCOc1c(-c2ccc(C3=NC(C4CCCN4C(=O)C(NC(=O)OC)c4ccccc4)NC3)cc2)ccc(-c2cnc(C3CCCN3C(=O)C(NC(=O)OC)c3ccccc3)[nH]2)c1OCCOC. The van der Waals surface area contributed by atoms with Crippen LogP contribution in [0, 0.1) is 0 Å². The number of alkyl carbamates (subject to hydrolysis) is 2. The Morgan fingerprint density at radius 2 is 1.20 bits per heavy atom. The van der Waals surface area contributed by atoms with Crippen LogP contribution >= 0.6 is 0 Å². The fraction of sp³-hybridized carbons (Fsp3) is 0.385. The van der Waals surface area contributed by atoms with Crippen molar-refractivity contribution in [3.05, 3.63) is 126 Å². The lowest BCUT2D eigenvalue weighted by molar-refractivity contribution is -0.135. The van der Waals surface area contributed by atoms with E-state index in [1.165, 1.54) is 14.2 Å². The number of rotatable bonds is 19. The number of aromatic amines is 1. The molecule has 0 saturated carbocycles. The van der Waals surface area contributed by atoms with Gasteiger partial charge in [-0.3, -0.25) is 19.9 Å². The minimum Gasteiger partial charge on any atom is -0.487 e. The number of nitrogens with one attached hydrogen (secondary N) is 4. The van der Waals surface area contributed by atoms with Crippen LogP contribution in [-0.2, 0) is 28.5 Å². The molecular weight excluding hydrogens is 897 g/mol. The second kappa shape index (κ2) is 23.3. The average Bonchev–Trinajstić information content (AvgIpc) is 4.26. The normalized spacial score (nSPS) is 18.5. The first-order valence-corrected chi connectivity index (χ1v) is 23.5. The fourth-order valence-corrected chi connectivity index (χ4v) is 9.35. The number of carbonyl (C=O) groups is 4. The zero-order chi connectivity index (χ0) is 49.0. The van der Waals surface area contributed by atoms with Gasteiger partial charge in [-0.2, -0.15) is 0 Å². The van der Waals surface area contributed by atoms with Crippen LogP contribution in [0.3, 0.4) is 0 Å². The number of imidazole rings is 1. The molecule has 5 atom stereocenters. The van der Waals surface area contributed by atoms with E-state index in [4.69, 9.17) is 38.4 Å². The molecule has 4 amide bonds. The molecule has 368 valence electrons. The van der Waals surface area contributed by atoms with E-state index in [2.05, 4.69) is 20.9 Å². The largest absolute Gasteiger partial charge is 0.487 e. The van der Waals surface area contributed by atoms with Crippen molar-refractivity contribution in [3.8, 4) is 33.9 Å². The Morgan fingerprint density at radius 3 is 1.80 bits per heavy atom. The van der Waals surface area contributed by atoms with Gasteiger partial charge >= 0.3 is 12.2 Å². The number of nitrogens with zero attached hydrogens (tertiary/aromatic N) is 4. The Morgan fingerprint density at radius 1 is 0.657 bits per heavy atom. The molecule has 5 unspecified atom stereocenters. The number of aromatic nitrogens is 2. The van der Waals surface area contributed by atoms with Gasteiger partial charge in [-0.05, 0) is 60.1 Å². The highest BCUT2D eigenvalue weighted by Crippen LogP contribution is 2.45. The second-order valence-electron chi connectivity index (χ2n) is 17.1. The smallest absolute Gasteiger partial charge is 0.407 e. The first-order valence-electron chi connectivity index (χ1n) is 23.5. The van der Waals surface area contributed by atoms with Gasteiger partial charge in [0, 0.05) is 45.0 Å². The Hall–Kier alpha value is -7.28. The Balaban J connectivity index is 1.05. The van der Waals surface area contributed by atoms with E-state index >= 15 is 0 Å². The van der Waals surface area contributed by atoms with Crippen LogP contribution in [0.5, 0.6) is 11.5 Å². The number of carbonyl (C=O) groups excluding carboxylic acids is 4. The molecule has 0 spiro atoms. The summed E-state index contributed by atoms with van der Waals surface area (Å²) in [4.78, 5) is 70.1. The summed E-state index contributed by atoms with van der Waals surface area (Å²) in [6.07, 6.45) is 3.02. The Bertz CT molecular complexity index is 2610. The van der Waals surface area contributed by atoms with Crippen molar-refractivity contribution in [2.24, 2.45) is 4.99 Å². The zero-order valence-corrected chi connectivity index (χ0v) is 39.9. The molecule has 8 rings (SSSR count). The summed E-state index contributed by atoms with van der Waals surface area (Å²) in [6, 6.07) is 27.9. The molecule has 2 fully saturated rings. The first kappa shape index (κ1) is 49.2. The monoisotopic (exact) mass is 956 g/mol. The highest BCUT2D eigenvalue weighted by atomic mass is 16.6. The second-order valence-corrected chi connectivity index (χ2v) is 17.1. The molecule has 18 heteroatoms. The zero-order valence-electron chi connectivity index (χ0n) is 39.9. The van der Waals surface area contributed by atoms with Crippen LogP contribution in [0.25, 0.3) is 22.4 Å². The quantitative estimate of drug-likeness (QED) is 0.0668. The van der Waals surface area contributed by atoms with Crippen molar-refractivity contribution in [2.45, 2.75) is 56.0 Å². The van der Waals surface area contributed by atoms with Crippen molar-refractivity contribution < 1.29 is 47.6 Å². The fourth-order valence-electron chi connectivity index (χ4n) is 9.35. The van der Waals surface area contributed by atoms with Crippen LogP contribution in [0.4, 0.5) is 9.59 Å². The van der Waals surface area contributed by atoms with Gasteiger partial charge in [0.15, 0.2) is 11.5 Å². The van der Waals surface area contributed by atoms with Gasteiger partial charge in [0.25, 0.3) is 5.91 Å². The minimum absolute atomic E-state index is 0.204. The van der Waals surface area contributed by atoms with Gasteiger partial charge in [0.05, 0.1) is 57.1 Å². The summed E-state index contributed by atoms with van der Waals surface area (Å²) in [5, 5.41) is 8.99. The van der Waals surface area contributed by atoms with E-state index < -0.39 is 24.3 Å². The molecule has 5 aromatic rings. The maximum atomic E-state index is 14.2. The topological polar surface area (TPSA) is 207 Å². The van der Waals surface area contributed by atoms with Gasteiger partial charge < -0.3 is 53.8 Å². The van der Waals surface area contributed by atoms with Crippen LogP contribution in [0.2, 0.25) is 0 Å². The summed E-state index contributed by atoms with van der Waals surface area (Å²) in [6.45, 7) is 2.69. The number of benzene rings is 4. The third-order valence-electron chi connectivity index (χ3n) is 12.8. The molecule has 3 aliphatic heterocycles. The van der Waals surface area contributed by atoms with Crippen molar-refractivity contribution >= 4 is 29.7 Å². The van der Waals surface area contributed by atoms with Gasteiger partial charge in [0.1, 0.15) is 37.3 Å². The molecule has 1 aromatic heterocycles. The van der Waals surface area contributed by atoms with Gasteiger partial charge in [-0.15, -0.1) is 0 Å². The molecule has 4 heterocycles. The molecule has 4 N–H and O–H groups in total. The van der Waals surface area contributed by atoms with Crippen LogP contribution in [0.15, 0.2) is 108 Å². The minimum atomic E-state index is -0.949. The summed E-state index contributed by atoms with van der Waals surface area (Å²) < 4.78 is 33.5. The molecule has 2 saturated heterocycles. The molecule has 3 aliphatic rings. The van der Waals surface area contributed by atoms with Crippen molar-refractivity contribution in [2.75, 3.05) is 74.5 Å². The summed E-state index contributed by atoms with van der Waals surface area (Å²) >= 11 is 0. The number of H-pyrrole nitrogens is 1. The number of amides is 4. The maximum absolute atomic E-state index is 14.2. The first-order chi connectivity index (χ1) is 34.2. The lowest BCUT2D eigenvalue weighted by Gasteiger charge is -2.31. The number of hydrogen-bond acceptors (Lipinski definition) is 13. The van der Waals surface area contributed by atoms with Crippen molar-refractivity contribution in [1.82, 2.24) is 35.7 Å². The number of aliphatic imine (C=N–C) groups is 1. The molecule has 4 aromatic carbocycles. The maximum Gasteiger partial charge on any atom is 0.407 e. The molecule has 0 bridgehead atoms. The molecular formula is C52H60N8O10. The average molecular weight is 957 g/mol.